The van der Waals surface area contributed by atoms with E-state index in [0.717, 1.165) is 6.07 Å². The van der Waals surface area contributed by atoms with Crippen LogP contribution >= 0.6 is 11.6 Å². The predicted octanol–water partition coefficient (Wildman–Crippen LogP) is 1.27. The molecule has 0 aliphatic heterocycles. The molecule has 0 radical (unpaired) electrons. The van der Waals surface area contributed by atoms with E-state index >= 15 is 0 Å². The number of ether oxygens (including phenoxy) is 1. The van der Waals surface area contributed by atoms with Gasteiger partial charge in [0.15, 0.2) is 0 Å². The van der Waals surface area contributed by atoms with Gasteiger partial charge in [-0.25, -0.2) is 0 Å². The standard InChI is InChI=1S/C6H7ClF2N4O/c1-11-3-2-4(13-5(10)12-3)14-6(7,8)9/h2H,1H3,(H3,10,11,12,13). The van der Waals surface area contributed by atoms with Crippen LogP contribution in [0, 0.1) is 0 Å². The number of rotatable bonds is 3. The van der Waals surface area contributed by atoms with Gasteiger partial charge in [0.2, 0.25) is 11.8 Å². The molecule has 0 amide bonds. The molecule has 0 atom stereocenters. The largest absolute Gasteiger partial charge is 0.488 e. The lowest BCUT2D eigenvalue weighted by atomic mass is 10.5. The van der Waals surface area contributed by atoms with Crippen molar-refractivity contribution in [1.29, 1.82) is 0 Å². The molecule has 0 unspecified atom stereocenters. The molecule has 1 aromatic rings. The fraction of sp³-hybridized carbons (Fsp3) is 0.333. The van der Waals surface area contributed by atoms with Crippen LogP contribution < -0.4 is 15.8 Å². The third-order valence-corrected chi connectivity index (χ3v) is 1.27. The second-order valence-electron chi connectivity index (χ2n) is 2.25. The molecule has 14 heavy (non-hydrogen) atoms. The molecule has 0 fully saturated rings. The minimum Gasteiger partial charge on any atom is -0.402 e. The minimum atomic E-state index is -3.81. The van der Waals surface area contributed by atoms with E-state index in [0.29, 0.717) is 0 Å². The zero-order valence-corrected chi connectivity index (χ0v) is 7.85. The molecule has 0 spiro atoms. The Kier molecular flexibility index (Phi) is 2.90. The number of hydrogen-bond acceptors (Lipinski definition) is 5. The summed E-state index contributed by atoms with van der Waals surface area (Å²) in [5, 5.41) is 2.59. The van der Waals surface area contributed by atoms with E-state index < -0.39 is 11.4 Å². The average Bonchev–Trinajstić information content (AvgIpc) is 1.99. The van der Waals surface area contributed by atoms with Crippen LogP contribution in [0.5, 0.6) is 5.88 Å². The van der Waals surface area contributed by atoms with Crippen LogP contribution in [-0.2, 0) is 0 Å². The second-order valence-corrected chi connectivity index (χ2v) is 2.69. The van der Waals surface area contributed by atoms with Crippen molar-refractivity contribution in [2.45, 2.75) is 5.57 Å². The first kappa shape index (κ1) is 10.7. The zero-order valence-electron chi connectivity index (χ0n) is 7.09. The summed E-state index contributed by atoms with van der Waals surface area (Å²) in [4.78, 5) is 7.08. The first-order valence-electron chi connectivity index (χ1n) is 3.49. The van der Waals surface area contributed by atoms with Crippen LogP contribution in [0.2, 0.25) is 0 Å². The Morgan fingerprint density at radius 1 is 1.57 bits per heavy atom. The molecular weight excluding hydrogens is 218 g/mol. The lowest BCUT2D eigenvalue weighted by Gasteiger charge is -2.10. The van der Waals surface area contributed by atoms with Crippen molar-refractivity contribution < 1.29 is 13.5 Å². The van der Waals surface area contributed by atoms with Crippen molar-refractivity contribution in [3.8, 4) is 5.88 Å². The van der Waals surface area contributed by atoms with Crippen LogP contribution in [-0.4, -0.2) is 22.6 Å². The van der Waals surface area contributed by atoms with Crippen LogP contribution in [0.1, 0.15) is 0 Å². The van der Waals surface area contributed by atoms with E-state index in [-0.39, 0.29) is 11.8 Å². The van der Waals surface area contributed by atoms with E-state index in [9.17, 15) is 8.78 Å². The third kappa shape index (κ3) is 3.17. The summed E-state index contributed by atoms with van der Waals surface area (Å²) in [6, 6.07) is 1.15. The van der Waals surface area contributed by atoms with E-state index in [2.05, 4.69) is 31.6 Å². The molecular formula is C6H7ClF2N4O. The molecule has 78 valence electrons. The number of nitrogens with two attached hydrogens (primary N) is 1. The van der Waals surface area contributed by atoms with E-state index in [1.807, 2.05) is 0 Å². The molecule has 5 nitrogen and oxygen atoms in total. The maximum absolute atomic E-state index is 12.2. The van der Waals surface area contributed by atoms with Crippen molar-refractivity contribution >= 4 is 23.4 Å². The molecule has 8 heteroatoms. The number of nitrogen functional groups attached to an aromatic ring is 1. The Hall–Kier alpha value is -1.37. The summed E-state index contributed by atoms with van der Waals surface area (Å²) < 4.78 is 28.4. The Balaban J connectivity index is 2.92. The topological polar surface area (TPSA) is 73.1 Å². The van der Waals surface area contributed by atoms with Crippen LogP contribution in [0.15, 0.2) is 6.07 Å². The Bertz CT molecular complexity index is 330. The van der Waals surface area contributed by atoms with E-state index in [1.165, 1.54) is 0 Å². The van der Waals surface area contributed by atoms with Crippen molar-refractivity contribution in [1.82, 2.24) is 9.97 Å². The zero-order chi connectivity index (χ0) is 10.8. The van der Waals surface area contributed by atoms with Crippen molar-refractivity contribution in [3.05, 3.63) is 6.07 Å². The first-order chi connectivity index (χ1) is 6.40. The van der Waals surface area contributed by atoms with Crippen LogP contribution in [0.25, 0.3) is 0 Å². The van der Waals surface area contributed by atoms with Gasteiger partial charge in [-0.3, -0.25) is 0 Å². The lowest BCUT2D eigenvalue weighted by molar-refractivity contribution is -0.0990. The number of halogens is 3. The summed E-state index contributed by atoms with van der Waals surface area (Å²) in [5.41, 5.74) is 1.41. The van der Waals surface area contributed by atoms with E-state index in [1.54, 1.807) is 7.05 Å². The Morgan fingerprint density at radius 2 is 2.21 bits per heavy atom. The molecule has 1 aromatic heterocycles. The van der Waals surface area contributed by atoms with Gasteiger partial charge in [-0.2, -0.15) is 9.97 Å². The highest BCUT2D eigenvalue weighted by molar-refractivity contribution is 6.20. The molecule has 3 N–H and O–H groups in total. The highest BCUT2D eigenvalue weighted by atomic mass is 35.5. The summed E-state index contributed by atoms with van der Waals surface area (Å²) in [7, 11) is 1.55. The first-order valence-corrected chi connectivity index (χ1v) is 3.86. The number of nitrogens with zero attached hydrogens (tertiary/aromatic N) is 2. The Morgan fingerprint density at radius 3 is 2.71 bits per heavy atom. The molecule has 0 saturated heterocycles. The molecule has 0 saturated carbocycles. The number of aromatic nitrogens is 2. The van der Waals surface area contributed by atoms with Crippen LogP contribution in [0.3, 0.4) is 0 Å². The fourth-order valence-corrected chi connectivity index (χ4v) is 0.821. The minimum absolute atomic E-state index is 0.187. The predicted molar refractivity (Wildman–Crippen MR) is 47.4 cm³/mol. The molecule has 0 aliphatic rings. The molecule has 0 aliphatic carbocycles. The molecule has 0 bridgehead atoms. The van der Waals surface area contributed by atoms with Gasteiger partial charge >= 0.3 is 5.57 Å². The maximum atomic E-state index is 12.2. The smallest absolute Gasteiger partial charge is 0.402 e. The summed E-state index contributed by atoms with van der Waals surface area (Å²) in [6.07, 6.45) is 0. The second kappa shape index (κ2) is 3.79. The van der Waals surface area contributed by atoms with Crippen molar-refractivity contribution in [3.63, 3.8) is 0 Å². The number of hydrogen-bond donors (Lipinski definition) is 2. The van der Waals surface area contributed by atoms with Crippen LogP contribution in [0.4, 0.5) is 20.5 Å². The number of alkyl halides is 3. The maximum Gasteiger partial charge on any atom is 0.488 e. The third-order valence-electron chi connectivity index (χ3n) is 1.20. The highest BCUT2D eigenvalue weighted by Gasteiger charge is 2.28. The highest BCUT2D eigenvalue weighted by Crippen LogP contribution is 2.24. The van der Waals surface area contributed by atoms with Crippen molar-refractivity contribution in [2.75, 3.05) is 18.1 Å². The van der Waals surface area contributed by atoms with Gasteiger partial charge in [0.05, 0.1) is 0 Å². The van der Waals surface area contributed by atoms with Gasteiger partial charge in [-0.05, 0) is 0 Å². The SMILES string of the molecule is CNc1cc(OC(F)(F)Cl)nc(N)n1. The Labute approximate surface area is 83.2 Å². The van der Waals surface area contributed by atoms with Crippen molar-refractivity contribution in [2.24, 2.45) is 0 Å². The quantitative estimate of drug-likeness (QED) is 0.757. The van der Waals surface area contributed by atoms with Gasteiger partial charge in [0.1, 0.15) is 5.82 Å². The van der Waals surface area contributed by atoms with Gasteiger partial charge in [-0.15, -0.1) is 8.78 Å². The molecule has 1 rings (SSSR count). The number of anilines is 2. The molecule has 0 aromatic carbocycles. The van der Waals surface area contributed by atoms with Gasteiger partial charge in [0.25, 0.3) is 0 Å². The van der Waals surface area contributed by atoms with Gasteiger partial charge in [0, 0.05) is 24.7 Å². The molecule has 1 heterocycles. The monoisotopic (exact) mass is 224 g/mol. The normalized spacial score (nSPS) is 11.1. The fourth-order valence-electron chi connectivity index (χ4n) is 0.742. The summed E-state index contributed by atoms with van der Waals surface area (Å²) in [5.74, 6) is -0.331. The average molecular weight is 225 g/mol. The van der Waals surface area contributed by atoms with Gasteiger partial charge in [-0.1, -0.05) is 0 Å². The summed E-state index contributed by atoms with van der Waals surface area (Å²) >= 11 is 4.54. The van der Waals surface area contributed by atoms with Gasteiger partial charge < -0.3 is 15.8 Å². The number of nitrogens with one attached hydrogen (secondary N) is 1. The summed E-state index contributed by atoms with van der Waals surface area (Å²) in [6.45, 7) is 0. The lowest BCUT2D eigenvalue weighted by Crippen LogP contribution is -2.17. The van der Waals surface area contributed by atoms with E-state index in [4.69, 9.17) is 5.73 Å².